The van der Waals surface area contributed by atoms with Crippen LogP contribution in [0.4, 0.5) is 5.69 Å². The Balaban J connectivity index is 1.24. The van der Waals surface area contributed by atoms with Crippen molar-refractivity contribution < 1.29 is 9.59 Å². The molecule has 0 spiro atoms. The second kappa shape index (κ2) is 9.68. The molecular weight excluding hydrogens is 446 g/mol. The maximum Gasteiger partial charge on any atom is 0.257 e. The molecule has 0 radical (unpaired) electrons. The molecule has 5 rings (SSSR count). The molecule has 0 aliphatic rings. The molecule has 0 bridgehead atoms. The molecule has 0 aliphatic heterocycles. The molecule has 0 aliphatic carbocycles. The van der Waals surface area contributed by atoms with Crippen molar-refractivity contribution >= 4 is 39.7 Å². The molecule has 5 aromatic rings. The number of benzene rings is 1. The zero-order chi connectivity index (χ0) is 23.3. The summed E-state index contributed by atoms with van der Waals surface area (Å²) in [6, 6.07) is 21.1. The fourth-order valence-electron chi connectivity index (χ4n) is 3.70. The standard InChI is InChI=1S/C26H21N5O2S/c32-25(17-31-22-5-2-1-4-18(22)14-23(31)24-6-3-13-34-24)29-16-21-8-7-19(15-28-21)26(33)30-20-9-11-27-12-10-20/h1-15H,16-17H2,(H,29,32)(H,27,30,33). The summed E-state index contributed by atoms with van der Waals surface area (Å²) in [4.78, 5) is 34.5. The Kier molecular flexibility index (Phi) is 6.13. The van der Waals surface area contributed by atoms with Gasteiger partial charge in [-0.15, -0.1) is 11.3 Å². The predicted octanol–water partition coefficient (Wildman–Crippen LogP) is 4.73. The Labute approximate surface area is 200 Å². The summed E-state index contributed by atoms with van der Waals surface area (Å²) in [6.07, 6.45) is 4.73. The van der Waals surface area contributed by atoms with Crippen LogP contribution in [0, 0.1) is 0 Å². The van der Waals surface area contributed by atoms with E-state index in [0.29, 0.717) is 16.9 Å². The molecule has 168 valence electrons. The fraction of sp³-hybridized carbons (Fsp3) is 0.0769. The largest absolute Gasteiger partial charge is 0.349 e. The van der Waals surface area contributed by atoms with Crippen LogP contribution in [0.3, 0.4) is 0 Å². The van der Waals surface area contributed by atoms with Crippen LogP contribution in [0.1, 0.15) is 16.1 Å². The van der Waals surface area contributed by atoms with Gasteiger partial charge in [-0.05, 0) is 47.8 Å². The Hall–Kier alpha value is -4.30. The smallest absolute Gasteiger partial charge is 0.257 e. The number of amides is 2. The SMILES string of the molecule is O=C(Cn1c(-c2cccs2)cc2ccccc21)NCc1ccc(C(=O)Nc2ccncc2)cn1. The summed E-state index contributed by atoms with van der Waals surface area (Å²) < 4.78 is 2.04. The first-order valence-corrected chi connectivity index (χ1v) is 11.6. The van der Waals surface area contributed by atoms with Crippen LogP contribution in [0.2, 0.25) is 0 Å². The Bertz CT molecular complexity index is 1430. The highest BCUT2D eigenvalue weighted by atomic mass is 32.1. The number of thiophene rings is 1. The number of para-hydroxylation sites is 1. The minimum absolute atomic E-state index is 0.111. The number of anilines is 1. The van der Waals surface area contributed by atoms with Gasteiger partial charge in [-0.1, -0.05) is 24.3 Å². The lowest BCUT2D eigenvalue weighted by Crippen LogP contribution is -2.27. The van der Waals surface area contributed by atoms with E-state index in [2.05, 4.69) is 38.8 Å². The van der Waals surface area contributed by atoms with Crippen molar-refractivity contribution in [1.82, 2.24) is 19.9 Å². The highest BCUT2D eigenvalue weighted by molar-refractivity contribution is 7.13. The third kappa shape index (κ3) is 4.72. The van der Waals surface area contributed by atoms with Gasteiger partial charge in [0.1, 0.15) is 6.54 Å². The van der Waals surface area contributed by atoms with Gasteiger partial charge < -0.3 is 15.2 Å². The molecule has 1 aromatic carbocycles. The van der Waals surface area contributed by atoms with E-state index in [9.17, 15) is 9.59 Å². The summed E-state index contributed by atoms with van der Waals surface area (Å²) in [5, 5.41) is 8.86. The molecule has 0 saturated heterocycles. The van der Waals surface area contributed by atoms with Gasteiger partial charge in [0, 0.05) is 35.2 Å². The molecule has 8 heteroatoms. The maximum atomic E-state index is 12.8. The molecule has 0 unspecified atom stereocenters. The third-order valence-corrected chi connectivity index (χ3v) is 6.27. The second-order valence-corrected chi connectivity index (χ2v) is 8.60. The fourth-order valence-corrected chi connectivity index (χ4v) is 4.45. The second-order valence-electron chi connectivity index (χ2n) is 7.66. The van der Waals surface area contributed by atoms with Crippen LogP contribution < -0.4 is 10.6 Å². The lowest BCUT2D eigenvalue weighted by Gasteiger charge is -2.11. The first-order valence-electron chi connectivity index (χ1n) is 10.7. The molecule has 7 nitrogen and oxygen atoms in total. The number of nitrogens with one attached hydrogen (secondary N) is 2. The quantitative estimate of drug-likeness (QED) is 0.362. The average molecular weight is 468 g/mol. The van der Waals surface area contributed by atoms with Crippen molar-refractivity contribution in [2.75, 3.05) is 5.32 Å². The van der Waals surface area contributed by atoms with E-state index in [1.165, 1.54) is 6.20 Å². The van der Waals surface area contributed by atoms with Gasteiger partial charge in [-0.25, -0.2) is 0 Å². The highest BCUT2D eigenvalue weighted by Gasteiger charge is 2.14. The number of nitrogens with zero attached hydrogens (tertiary/aromatic N) is 3. The number of carbonyl (C=O) groups excluding carboxylic acids is 2. The van der Waals surface area contributed by atoms with Crippen molar-refractivity contribution in [2.45, 2.75) is 13.1 Å². The van der Waals surface area contributed by atoms with Crippen molar-refractivity contribution in [1.29, 1.82) is 0 Å². The summed E-state index contributed by atoms with van der Waals surface area (Å²) >= 11 is 1.65. The number of hydrogen-bond donors (Lipinski definition) is 2. The minimum Gasteiger partial charge on any atom is -0.349 e. The van der Waals surface area contributed by atoms with E-state index in [1.807, 2.05) is 34.2 Å². The van der Waals surface area contributed by atoms with Gasteiger partial charge >= 0.3 is 0 Å². The predicted molar refractivity (Wildman–Crippen MR) is 134 cm³/mol. The van der Waals surface area contributed by atoms with Gasteiger partial charge in [0.05, 0.1) is 28.4 Å². The zero-order valence-electron chi connectivity index (χ0n) is 18.1. The molecule has 4 heterocycles. The van der Waals surface area contributed by atoms with Crippen molar-refractivity contribution in [2.24, 2.45) is 0 Å². The number of fused-ring (bicyclic) bond motifs is 1. The summed E-state index contributed by atoms with van der Waals surface area (Å²) in [5.41, 5.74) is 3.81. The third-order valence-electron chi connectivity index (χ3n) is 5.38. The highest BCUT2D eigenvalue weighted by Crippen LogP contribution is 2.31. The maximum absolute atomic E-state index is 12.8. The molecule has 34 heavy (non-hydrogen) atoms. The van der Waals surface area contributed by atoms with Gasteiger partial charge in [0.15, 0.2) is 0 Å². The van der Waals surface area contributed by atoms with Gasteiger partial charge in [0.2, 0.25) is 5.91 Å². The van der Waals surface area contributed by atoms with Crippen LogP contribution in [-0.4, -0.2) is 26.3 Å². The molecular formula is C26H21N5O2S. The Morgan fingerprint density at radius 3 is 2.59 bits per heavy atom. The van der Waals surface area contributed by atoms with Gasteiger partial charge in [-0.3, -0.25) is 19.6 Å². The zero-order valence-corrected chi connectivity index (χ0v) is 19.0. The van der Waals surface area contributed by atoms with E-state index in [4.69, 9.17) is 0 Å². The van der Waals surface area contributed by atoms with Crippen LogP contribution in [-0.2, 0) is 17.9 Å². The van der Waals surface area contributed by atoms with E-state index < -0.39 is 0 Å². The number of carbonyl (C=O) groups is 2. The average Bonchev–Trinajstić information content (AvgIpc) is 3.52. The van der Waals surface area contributed by atoms with Gasteiger partial charge in [-0.2, -0.15) is 0 Å². The Morgan fingerprint density at radius 1 is 0.971 bits per heavy atom. The van der Waals surface area contributed by atoms with Gasteiger partial charge in [0.25, 0.3) is 5.91 Å². The Morgan fingerprint density at radius 2 is 1.82 bits per heavy atom. The molecule has 2 N–H and O–H groups in total. The molecule has 0 saturated carbocycles. The number of aromatic nitrogens is 3. The lowest BCUT2D eigenvalue weighted by molar-refractivity contribution is -0.121. The van der Waals surface area contributed by atoms with Crippen LogP contribution in [0.5, 0.6) is 0 Å². The topological polar surface area (TPSA) is 88.9 Å². The lowest BCUT2D eigenvalue weighted by atomic mass is 10.2. The number of hydrogen-bond acceptors (Lipinski definition) is 5. The molecule has 0 fully saturated rings. The summed E-state index contributed by atoms with van der Waals surface area (Å²) in [6.45, 7) is 0.478. The van der Waals surface area contributed by atoms with E-state index in [-0.39, 0.29) is 24.9 Å². The van der Waals surface area contributed by atoms with Crippen molar-refractivity contribution in [3.05, 3.63) is 102 Å². The number of rotatable bonds is 7. The number of pyridine rings is 2. The van der Waals surface area contributed by atoms with E-state index in [0.717, 1.165) is 21.5 Å². The van der Waals surface area contributed by atoms with Crippen molar-refractivity contribution in [3.8, 4) is 10.6 Å². The van der Waals surface area contributed by atoms with E-state index in [1.54, 1.807) is 48.0 Å². The van der Waals surface area contributed by atoms with Crippen LogP contribution in [0.25, 0.3) is 21.5 Å². The normalized spacial score (nSPS) is 10.8. The van der Waals surface area contributed by atoms with Crippen molar-refractivity contribution in [3.63, 3.8) is 0 Å². The van der Waals surface area contributed by atoms with E-state index >= 15 is 0 Å². The molecule has 0 atom stereocenters. The van der Waals surface area contributed by atoms with Crippen LogP contribution in [0.15, 0.2) is 90.7 Å². The summed E-state index contributed by atoms with van der Waals surface area (Å²) in [7, 11) is 0. The first kappa shape index (κ1) is 21.5. The minimum atomic E-state index is -0.255. The van der Waals surface area contributed by atoms with Crippen LogP contribution >= 0.6 is 11.3 Å². The summed E-state index contributed by atoms with van der Waals surface area (Å²) in [5.74, 6) is -0.365. The monoisotopic (exact) mass is 467 g/mol. The molecule has 2 amide bonds. The molecule has 4 aromatic heterocycles. The first-order chi connectivity index (χ1) is 16.7.